The smallest absolute Gasteiger partial charge is 0.403 e. The number of halogens is 3. The van der Waals surface area contributed by atoms with Crippen molar-refractivity contribution in [3.8, 4) is 0 Å². The maximum Gasteiger partial charge on any atom is 0.464 e. The van der Waals surface area contributed by atoms with Gasteiger partial charge in [0.1, 0.15) is 5.82 Å². The Morgan fingerprint density at radius 2 is 1.70 bits per heavy atom. The van der Waals surface area contributed by atoms with Gasteiger partial charge < -0.3 is 13.9 Å². The molecule has 4 fully saturated rings. The first kappa shape index (κ1) is 24.7. The van der Waals surface area contributed by atoms with Gasteiger partial charge in [0.25, 0.3) is 0 Å². The summed E-state index contributed by atoms with van der Waals surface area (Å²) in [4.78, 5) is 0. The molecule has 5 aliphatic rings. The lowest BCUT2D eigenvalue weighted by atomic mass is 9.23. The highest BCUT2D eigenvalue weighted by molar-refractivity contribution is 9.10. The first-order chi connectivity index (χ1) is 17.4. The molecule has 1 aliphatic heterocycles. The van der Waals surface area contributed by atoms with Gasteiger partial charge in [-0.05, 0) is 123 Å². The summed E-state index contributed by atoms with van der Waals surface area (Å²) in [5, 5.41) is 1.99. The van der Waals surface area contributed by atoms with Crippen LogP contribution in [0.3, 0.4) is 0 Å². The Morgan fingerprint density at radius 1 is 1.05 bits per heavy atom. The largest absolute Gasteiger partial charge is 0.464 e. The summed E-state index contributed by atoms with van der Waals surface area (Å²) in [6.07, 6.45) is 6.92. The van der Waals surface area contributed by atoms with Gasteiger partial charge in [-0.1, -0.05) is 23.7 Å². The number of rotatable bonds is 5. The lowest BCUT2D eigenvalue weighted by Gasteiger charge is -2.72. The van der Waals surface area contributed by atoms with E-state index in [1.807, 2.05) is 12.1 Å². The van der Waals surface area contributed by atoms with Crippen molar-refractivity contribution in [3.05, 3.63) is 68.5 Å². The first-order valence-corrected chi connectivity index (χ1v) is 14.7. The fraction of sp³-hybridized carbons (Fsp3) is 0.533. The first-order valence-electron chi connectivity index (χ1n) is 13.5. The summed E-state index contributed by atoms with van der Waals surface area (Å²) in [5.41, 5.74) is 4.90. The molecule has 0 N–H and O–H groups in total. The zero-order chi connectivity index (χ0) is 26.0. The number of aryl methyl sites for hydroxylation is 1. The SMILES string of the molecule is CC1(C)OB(C23CC(C[C@H]4CCc5c4n(Cc4ccc(Cl)cc4)c4c(Br)cc(F)cc54)(C2)C3)OC1(C)C. The molecule has 8 rings (SSSR count). The fourth-order valence-corrected chi connectivity index (χ4v) is 8.75. The quantitative estimate of drug-likeness (QED) is 0.280. The van der Waals surface area contributed by atoms with Gasteiger partial charge in [0, 0.05) is 38.4 Å². The summed E-state index contributed by atoms with van der Waals surface area (Å²) >= 11 is 9.85. The number of fused-ring (bicyclic) bond motifs is 3. The summed E-state index contributed by atoms with van der Waals surface area (Å²) in [7, 11) is -0.0891. The molecule has 37 heavy (non-hydrogen) atoms. The molecular weight excluding hydrogens is 552 g/mol. The van der Waals surface area contributed by atoms with Crippen LogP contribution < -0.4 is 0 Å². The minimum absolute atomic E-state index is 0.0891. The van der Waals surface area contributed by atoms with Gasteiger partial charge >= 0.3 is 7.12 Å². The van der Waals surface area contributed by atoms with E-state index >= 15 is 0 Å². The second kappa shape index (κ2) is 7.87. The van der Waals surface area contributed by atoms with E-state index in [0.29, 0.717) is 11.3 Å². The van der Waals surface area contributed by atoms with Gasteiger partial charge in [-0.25, -0.2) is 4.39 Å². The van der Waals surface area contributed by atoms with Crippen molar-refractivity contribution >= 4 is 45.6 Å². The highest BCUT2D eigenvalue weighted by Gasteiger charge is 2.76. The molecule has 0 radical (unpaired) electrons. The molecule has 1 aromatic heterocycles. The number of aromatic nitrogens is 1. The Labute approximate surface area is 232 Å². The normalized spacial score (nSPS) is 30.9. The van der Waals surface area contributed by atoms with E-state index < -0.39 is 0 Å². The average molecular weight is 585 g/mol. The molecule has 1 saturated heterocycles. The van der Waals surface area contributed by atoms with Crippen molar-refractivity contribution in [1.82, 2.24) is 4.57 Å². The van der Waals surface area contributed by atoms with E-state index in [4.69, 9.17) is 20.9 Å². The molecule has 3 aromatic rings. The molecule has 4 aliphatic carbocycles. The molecule has 2 bridgehead atoms. The van der Waals surface area contributed by atoms with Gasteiger partial charge in [0.05, 0.1) is 16.7 Å². The number of hydrogen-bond acceptors (Lipinski definition) is 2. The zero-order valence-electron chi connectivity index (χ0n) is 22.0. The van der Waals surface area contributed by atoms with Gasteiger partial charge in [-0.15, -0.1) is 0 Å². The van der Waals surface area contributed by atoms with Crippen LogP contribution in [0, 0.1) is 11.2 Å². The summed E-state index contributed by atoms with van der Waals surface area (Å²) in [6.45, 7) is 9.35. The maximum atomic E-state index is 14.5. The van der Waals surface area contributed by atoms with Crippen LogP contribution in [-0.2, 0) is 22.3 Å². The molecule has 3 saturated carbocycles. The molecule has 0 spiro atoms. The number of nitrogens with zero attached hydrogens (tertiary/aromatic N) is 1. The van der Waals surface area contributed by atoms with Gasteiger partial charge in [-0.3, -0.25) is 0 Å². The molecule has 1 atom stereocenters. The minimum Gasteiger partial charge on any atom is -0.403 e. The molecule has 2 heterocycles. The van der Waals surface area contributed by atoms with Crippen LogP contribution in [0.1, 0.15) is 82.5 Å². The summed E-state index contributed by atoms with van der Waals surface area (Å²) < 4.78 is 30.7. The van der Waals surface area contributed by atoms with Crippen molar-refractivity contribution < 1.29 is 13.7 Å². The zero-order valence-corrected chi connectivity index (χ0v) is 24.3. The lowest BCUT2D eigenvalue weighted by molar-refractivity contribution is -0.120. The Balaban J connectivity index is 1.18. The van der Waals surface area contributed by atoms with Crippen LogP contribution in [0.2, 0.25) is 10.3 Å². The Morgan fingerprint density at radius 3 is 2.35 bits per heavy atom. The van der Waals surface area contributed by atoms with Crippen LogP contribution in [0.25, 0.3) is 10.9 Å². The highest BCUT2D eigenvalue weighted by Crippen LogP contribution is 2.83. The highest BCUT2D eigenvalue weighted by atomic mass is 79.9. The van der Waals surface area contributed by atoms with Crippen molar-refractivity contribution in [2.24, 2.45) is 5.41 Å². The molecule has 3 nitrogen and oxygen atoms in total. The molecule has 2 aromatic carbocycles. The third kappa shape index (κ3) is 3.58. The fourth-order valence-electron chi connectivity index (χ4n) is 7.98. The molecule has 0 amide bonds. The van der Waals surface area contributed by atoms with E-state index in [-0.39, 0.29) is 29.5 Å². The Bertz CT molecular complexity index is 1400. The third-order valence-electron chi connectivity index (χ3n) is 10.2. The van der Waals surface area contributed by atoms with E-state index in [2.05, 4.69) is 60.3 Å². The van der Waals surface area contributed by atoms with E-state index in [9.17, 15) is 4.39 Å². The maximum absolute atomic E-state index is 14.5. The van der Waals surface area contributed by atoms with Crippen molar-refractivity contribution in [2.75, 3.05) is 0 Å². The summed E-state index contributed by atoms with van der Waals surface area (Å²) in [5.74, 6) is 0.305. The lowest BCUT2D eigenvalue weighted by Crippen LogP contribution is -2.64. The third-order valence-corrected chi connectivity index (χ3v) is 11.1. The van der Waals surface area contributed by atoms with Crippen LogP contribution in [0.5, 0.6) is 0 Å². The average Bonchev–Trinajstić information content (AvgIpc) is 3.36. The number of hydrogen-bond donors (Lipinski definition) is 0. The molecule has 194 valence electrons. The van der Waals surface area contributed by atoms with Crippen molar-refractivity contribution in [2.45, 2.75) is 95.2 Å². The monoisotopic (exact) mass is 583 g/mol. The second-order valence-corrected chi connectivity index (χ2v) is 14.6. The standard InChI is InChI=1S/C30H33BBrClFNO2/c1-27(2)28(3,4)37-31(36-27)30-15-29(16-30,17-30)13-19-7-10-22-23-11-21(34)12-24(32)26(23)35(25(19)22)14-18-5-8-20(33)9-6-18/h5-6,8-9,11-12,19H,7,10,13-17H2,1-4H3/t19-,29?,30?/m1/s1. The predicted molar refractivity (Wildman–Crippen MR) is 151 cm³/mol. The summed E-state index contributed by atoms with van der Waals surface area (Å²) in [6, 6.07) is 11.4. The molecular formula is C30H33BBrClFNO2. The van der Waals surface area contributed by atoms with Crippen LogP contribution in [-0.4, -0.2) is 22.9 Å². The van der Waals surface area contributed by atoms with E-state index in [1.54, 1.807) is 12.1 Å². The van der Waals surface area contributed by atoms with Crippen molar-refractivity contribution in [3.63, 3.8) is 0 Å². The van der Waals surface area contributed by atoms with Gasteiger partial charge in [-0.2, -0.15) is 0 Å². The number of benzene rings is 2. The topological polar surface area (TPSA) is 23.4 Å². The van der Waals surface area contributed by atoms with Gasteiger partial charge in [0.15, 0.2) is 0 Å². The van der Waals surface area contributed by atoms with Crippen LogP contribution >= 0.6 is 27.5 Å². The van der Waals surface area contributed by atoms with E-state index in [1.165, 1.54) is 42.5 Å². The second-order valence-electron chi connectivity index (χ2n) is 13.3. The minimum atomic E-state index is -0.272. The van der Waals surface area contributed by atoms with Crippen LogP contribution in [0.4, 0.5) is 4.39 Å². The predicted octanol–water partition coefficient (Wildman–Crippen LogP) is 8.68. The van der Waals surface area contributed by atoms with Crippen LogP contribution in [0.15, 0.2) is 40.9 Å². The van der Waals surface area contributed by atoms with Crippen molar-refractivity contribution in [1.29, 1.82) is 0 Å². The molecule has 7 heteroatoms. The van der Waals surface area contributed by atoms with Gasteiger partial charge in [0.2, 0.25) is 0 Å². The molecule has 0 unspecified atom stereocenters. The Hall–Kier alpha value is -1.34. The Kier molecular flexibility index (Phi) is 5.25. The van der Waals surface area contributed by atoms with E-state index in [0.717, 1.165) is 39.8 Å².